The van der Waals surface area contributed by atoms with Crippen LogP contribution in [0.2, 0.25) is 0 Å². The van der Waals surface area contributed by atoms with Gasteiger partial charge in [0.1, 0.15) is 7.05 Å². The third-order valence-electron chi connectivity index (χ3n) is 2.29. The van der Waals surface area contributed by atoms with E-state index in [0.29, 0.717) is 5.88 Å². The molecule has 2 rings (SSSR count). The van der Waals surface area contributed by atoms with Crippen molar-refractivity contribution in [1.29, 1.82) is 0 Å². The lowest BCUT2D eigenvalue weighted by Gasteiger charge is -1.92. The Bertz CT molecular complexity index is 479. The van der Waals surface area contributed by atoms with Gasteiger partial charge in [-0.3, -0.25) is 0 Å². The summed E-state index contributed by atoms with van der Waals surface area (Å²) in [6.45, 7) is 2.11. The second-order valence-corrected chi connectivity index (χ2v) is 5.89. The third-order valence-corrected chi connectivity index (χ3v) is 4.77. The fourth-order valence-corrected chi connectivity index (χ4v) is 3.71. The summed E-state index contributed by atoms with van der Waals surface area (Å²) in [7, 11) is 1.90. The summed E-state index contributed by atoms with van der Waals surface area (Å²) < 4.78 is 2.99. The zero-order valence-electron chi connectivity index (χ0n) is 9.30. The summed E-state index contributed by atoms with van der Waals surface area (Å²) in [6.07, 6.45) is 0. The number of aromatic hydroxyl groups is 1. The average molecular weight is 252 g/mol. The topological polar surface area (TPSA) is 24.1 Å². The average Bonchev–Trinajstić information content (AvgIpc) is 2.59. The number of hydrogen-bond donors (Lipinski definition) is 1. The normalized spacial score (nSPS) is 10.6. The molecule has 2 nitrogen and oxygen atoms in total. The highest BCUT2D eigenvalue weighted by atomic mass is 32.2. The molecule has 0 fully saturated rings. The molecular formula is C12H14NOS2+. The molecule has 0 aliphatic carbocycles. The van der Waals surface area contributed by atoms with Gasteiger partial charge in [0, 0.05) is 11.3 Å². The first-order chi connectivity index (χ1) is 7.74. The van der Waals surface area contributed by atoms with Gasteiger partial charge in [-0.1, -0.05) is 48.6 Å². The Labute approximate surface area is 104 Å². The van der Waals surface area contributed by atoms with Crippen molar-refractivity contribution in [2.45, 2.75) is 11.3 Å². The van der Waals surface area contributed by atoms with Crippen LogP contribution in [0.3, 0.4) is 0 Å². The van der Waals surface area contributed by atoms with Gasteiger partial charge in [-0.25, -0.2) is 0 Å². The molecule has 0 saturated carbocycles. The molecule has 0 aliphatic heterocycles. The largest absolute Gasteiger partial charge is 0.459 e. The minimum absolute atomic E-state index is 0.354. The highest BCUT2D eigenvalue weighted by Gasteiger charge is 2.23. The molecule has 16 heavy (non-hydrogen) atoms. The van der Waals surface area contributed by atoms with Crippen LogP contribution in [0.15, 0.2) is 34.7 Å². The molecular weight excluding hydrogens is 238 g/mol. The minimum Gasteiger partial charge on any atom is -0.459 e. The molecule has 4 heteroatoms. The maximum atomic E-state index is 10.1. The molecule has 0 atom stereocenters. The van der Waals surface area contributed by atoms with Gasteiger partial charge in [-0.2, -0.15) is 0 Å². The first-order valence-corrected chi connectivity index (χ1v) is 6.94. The maximum absolute atomic E-state index is 10.1. The summed E-state index contributed by atoms with van der Waals surface area (Å²) in [5.41, 5.74) is 1.07. The lowest BCUT2D eigenvalue weighted by molar-refractivity contribution is -0.707. The predicted molar refractivity (Wildman–Crippen MR) is 69.0 cm³/mol. The van der Waals surface area contributed by atoms with Gasteiger partial charge in [0.2, 0.25) is 0 Å². The zero-order valence-corrected chi connectivity index (χ0v) is 10.9. The van der Waals surface area contributed by atoms with E-state index in [1.807, 2.05) is 41.9 Å². The zero-order chi connectivity index (χ0) is 11.5. The van der Waals surface area contributed by atoms with E-state index in [-0.39, 0.29) is 0 Å². The Morgan fingerprint density at radius 1 is 1.31 bits per heavy atom. The standard InChI is InChI=1S/C12H13NOS2/c1-3-15-12-13(2)11(14)10(16-12)9-7-5-4-6-8-9/h4-8H,3H2,1-2H3/p+1. The second kappa shape index (κ2) is 4.89. The van der Waals surface area contributed by atoms with Gasteiger partial charge in [0.25, 0.3) is 0 Å². The smallest absolute Gasteiger partial charge is 0.385 e. The van der Waals surface area contributed by atoms with Crippen molar-refractivity contribution >= 4 is 23.1 Å². The van der Waals surface area contributed by atoms with E-state index in [0.717, 1.165) is 20.5 Å². The first kappa shape index (κ1) is 11.5. The molecule has 0 saturated heterocycles. The maximum Gasteiger partial charge on any atom is 0.385 e. The summed E-state index contributed by atoms with van der Waals surface area (Å²) in [5, 5.41) is 10.1. The van der Waals surface area contributed by atoms with Gasteiger partial charge in [0.15, 0.2) is 4.88 Å². The van der Waals surface area contributed by atoms with Gasteiger partial charge >= 0.3 is 10.2 Å². The number of benzene rings is 1. The summed E-state index contributed by atoms with van der Waals surface area (Å²) >= 11 is 3.39. The van der Waals surface area contributed by atoms with Crippen LogP contribution < -0.4 is 4.57 Å². The summed E-state index contributed by atoms with van der Waals surface area (Å²) in [4.78, 5) is 0.944. The number of hydrogen-bond acceptors (Lipinski definition) is 3. The van der Waals surface area contributed by atoms with Gasteiger partial charge in [0.05, 0.1) is 0 Å². The lowest BCUT2D eigenvalue weighted by Crippen LogP contribution is -2.27. The van der Waals surface area contributed by atoms with Crippen LogP contribution in [0.1, 0.15) is 6.92 Å². The molecule has 0 radical (unpaired) electrons. The highest BCUT2D eigenvalue weighted by Crippen LogP contribution is 2.36. The molecule has 0 amide bonds. The van der Waals surface area contributed by atoms with Crippen LogP contribution in [0.25, 0.3) is 10.4 Å². The fraction of sp³-hybridized carbons (Fsp3) is 0.250. The van der Waals surface area contributed by atoms with Crippen molar-refractivity contribution in [3.05, 3.63) is 30.3 Å². The predicted octanol–water partition coefficient (Wildman–Crippen LogP) is 3.06. The number of rotatable bonds is 3. The van der Waals surface area contributed by atoms with Crippen molar-refractivity contribution in [3.63, 3.8) is 0 Å². The van der Waals surface area contributed by atoms with E-state index in [1.165, 1.54) is 0 Å². The van der Waals surface area contributed by atoms with E-state index >= 15 is 0 Å². The molecule has 0 unspecified atom stereocenters. The number of thiazole rings is 1. The summed E-state index contributed by atoms with van der Waals surface area (Å²) in [6, 6.07) is 10.00. The van der Waals surface area contributed by atoms with Crippen molar-refractivity contribution in [1.82, 2.24) is 0 Å². The van der Waals surface area contributed by atoms with Gasteiger partial charge in [-0.05, 0) is 11.8 Å². The van der Waals surface area contributed by atoms with Crippen LogP contribution in [-0.2, 0) is 7.05 Å². The van der Waals surface area contributed by atoms with Gasteiger partial charge in [-0.15, -0.1) is 4.57 Å². The Morgan fingerprint density at radius 2 is 2.00 bits per heavy atom. The molecule has 84 valence electrons. The second-order valence-electron chi connectivity index (χ2n) is 3.38. The molecule has 0 aliphatic rings. The number of thioether (sulfide) groups is 1. The van der Waals surface area contributed by atoms with Crippen LogP contribution in [0.4, 0.5) is 0 Å². The Hall–Kier alpha value is -1.00. The monoisotopic (exact) mass is 252 g/mol. The Kier molecular flexibility index (Phi) is 3.51. The van der Waals surface area contributed by atoms with Crippen LogP contribution in [0.5, 0.6) is 5.88 Å². The molecule has 1 heterocycles. The Morgan fingerprint density at radius 3 is 2.62 bits per heavy atom. The van der Waals surface area contributed by atoms with Crippen molar-refractivity contribution in [2.24, 2.45) is 7.05 Å². The Balaban J connectivity index is 2.46. The van der Waals surface area contributed by atoms with Crippen molar-refractivity contribution in [3.8, 4) is 16.3 Å². The minimum atomic E-state index is 0.354. The quantitative estimate of drug-likeness (QED) is 0.670. The van der Waals surface area contributed by atoms with E-state index in [2.05, 4.69) is 6.92 Å². The highest BCUT2D eigenvalue weighted by molar-refractivity contribution is 8.00. The van der Waals surface area contributed by atoms with Crippen molar-refractivity contribution in [2.75, 3.05) is 5.75 Å². The number of aromatic nitrogens is 1. The van der Waals surface area contributed by atoms with Crippen LogP contribution >= 0.6 is 23.1 Å². The molecule has 1 aromatic heterocycles. The van der Waals surface area contributed by atoms with E-state index < -0.39 is 0 Å². The molecule has 1 N–H and O–H groups in total. The molecule has 0 bridgehead atoms. The molecule has 2 aromatic rings. The SMILES string of the molecule is CCSc1sc(-c2ccccc2)c(O)[n+]1C. The van der Waals surface area contributed by atoms with Crippen LogP contribution in [0, 0.1) is 0 Å². The van der Waals surface area contributed by atoms with Gasteiger partial charge < -0.3 is 5.11 Å². The fourth-order valence-electron chi connectivity index (χ4n) is 1.47. The van der Waals surface area contributed by atoms with E-state index in [9.17, 15) is 5.11 Å². The van der Waals surface area contributed by atoms with Crippen LogP contribution in [-0.4, -0.2) is 10.9 Å². The molecule has 1 aromatic carbocycles. The summed E-state index contributed by atoms with van der Waals surface area (Å²) in [5.74, 6) is 1.37. The van der Waals surface area contributed by atoms with E-state index in [1.54, 1.807) is 23.1 Å². The first-order valence-electron chi connectivity index (χ1n) is 5.14. The molecule has 0 spiro atoms. The third kappa shape index (κ3) is 2.08. The lowest BCUT2D eigenvalue weighted by atomic mass is 10.2. The van der Waals surface area contributed by atoms with E-state index in [4.69, 9.17) is 0 Å². The van der Waals surface area contributed by atoms with Crippen molar-refractivity contribution < 1.29 is 9.67 Å². The number of nitrogens with zero attached hydrogens (tertiary/aromatic N) is 1.